The molecule has 0 fully saturated rings. The Labute approximate surface area is 118 Å². The Balaban J connectivity index is 2.44. The van der Waals surface area contributed by atoms with Gasteiger partial charge in [0, 0.05) is 14.5 Å². The van der Waals surface area contributed by atoms with Gasteiger partial charge < -0.3 is 5.11 Å². The van der Waals surface area contributed by atoms with Crippen molar-refractivity contribution in [2.45, 2.75) is 13.0 Å². The van der Waals surface area contributed by atoms with Gasteiger partial charge in [-0.15, -0.1) is 0 Å². The zero-order valence-electron chi connectivity index (χ0n) is 9.32. The number of aliphatic hydroxyl groups excluding tert-OH is 1. The van der Waals surface area contributed by atoms with Crippen LogP contribution >= 0.6 is 31.9 Å². The van der Waals surface area contributed by atoms with Crippen molar-refractivity contribution < 1.29 is 5.11 Å². The number of aryl methyl sites for hydroxylation is 1. The molecule has 1 N–H and O–H groups in total. The monoisotopic (exact) mass is 354 g/mol. The summed E-state index contributed by atoms with van der Waals surface area (Å²) in [5.74, 6) is 0. The number of aliphatic hydroxyl groups is 1. The number of benzene rings is 2. The first-order valence-electron chi connectivity index (χ1n) is 5.28. The summed E-state index contributed by atoms with van der Waals surface area (Å²) in [6.07, 6.45) is -0.609. The van der Waals surface area contributed by atoms with Gasteiger partial charge in [-0.25, -0.2) is 0 Å². The average molecular weight is 356 g/mol. The number of hydrogen-bond donors (Lipinski definition) is 1. The van der Waals surface area contributed by atoms with E-state index in [1.165, 1.54) is 0 Å². The Bertz CT molecular complexity index is 523. The Morgan fingerprint density at radius 3 is 2.29 bits per heavy atom. The van der Waals surface area contributed by atoms with Crippen LogP contribution in [-0.4, -0.2) is 5.11 Å². The minimum absolute atomic E-state index is 0.609. The van der Waals surface area contributed by atoms with Crippen molar-refractivity contribution in [1.29, 1.82) is 0 Å². The largest absolute Gasteiger partial charge is 0.384 e. The average Bonchev–Trinajstić information content (AvgIpc) is 2.34. The second-order valence-electron chi connectivity index (χ2n) is 3.94. The number of hydrogen-bond acceptors (Lipinski definition) is 1. The van der Waals surface area contributed by atoms with Crippen molar-refractivity contribution in [3.63, 3.8) is 0 Å². The van der Waals surface area contributed by atoms with Gasteiger partial charge >= 0.3 is 0 Å². The van der Waals surface area contributed by atoms with Crippen LogP contribution in [0.15, 0.2) is 51.4 Å². The van der Waals surface area contributed by atoms with Crippen LogP contribution in [0.1, 0.15) is 22.8 Å². The maximum atomic E-state index is 10.3. The highest BCUT2D eigenvalue weighted by Crippen LogP contribution is 2.32. The lowest BCUT2D eigenvalue weighted by atomic mass is 10.0. The maximum Gasteiger partial charge on any atom is 0.105 e. The summed E-state index contributed by atoms with van der Waals surface area (Å²) in [5, 5.41) is 10.3. The Hall–Kier alpha value is -0.640. The molecule has 0 heterocycles. The van der Waals surface area contributed by atoms with Gasteiger partial charge in [0.1, 0.15) is 6.10 Å². The fourth-order valence-electron chi connectivity index (χ4n) is 1.69. The van der Waals surface area contributed by atoms with Gasteiger partial charge in [0.05, 0.1) is 0 Å². The molecule has 0 aliphatic carbocycles. The lowest BCUT2D eigenvalue weighted by Gasteiger charge is -2.14. The molecule has 1 atom stereocenters. The first-order valence-corrected chi connectivity index (χ1v) is 6.86. The van der Waals surface area contributed by atoms with Crippen molar-refractivity contribution in [2.24, 2.45) is 0 Å². The van der Waals surface area contributed by atoms with E-state index < -0.39 is 6.10 Å². The van der Waals surface area contributed by atoms with E-state index in [1.54, 1.807) is 0 Å². The molecule has 0 radical (unpaired) electrons. The summed E-state index contributed by atoms with van der Waals surface area (Å²) in [6.45, 7) is 2.02. The molecule has 2 aromatic carbocycles. The van der Waals surface area contributed by atoms with E-state index in [0.29, 0.717) is 0 Å². The van der Waals surface area contributed by atoms with E-state index >= 15 is 0 Å². The Morgan fingerprint density at radius 2 is 1.65 bits per heavy atom. The first-order chi connectivity index (χ1) is 8.09. The molecular formula is C14H12Br2O. The summed E-state index contributed by atoms with van der Waals surface area (Å²) in [7, 11) is 0. The van der Waals surface area contributed by atoms with E-state index in [4.69, 9.17) is 0 Å². The second kappa shape index (κ2) is 5.34. The summed E-state index contributed by atoms with van der Waals surface area (Å²) in [5.41, 5.74) is 2.90. The molecule has 17 heavy (non-hydrogen) atoms. The molecule has 0 aliphatic heterocycles. The van der Waals surface area contributed by atoms with Crippen LogP contribution in [0.25, 0.3) is 0 Å². The van der Waals surface area contributed by atoms with Gasteiger partial charge in [-0.1, -0.05) is 62.2 Å². The molecule has 88 valence electrons. The van der Waals surface area contributed by atoms with Gasteiger partial charge in [0.25, 0.3) is 0 Å². The van der Waals surface area contributed by atoms with Crippen LogP contribution in [0.4, 0.5) is 0 Å². The van der Waals surface area contributed by atoms with Crippen LogP contribution in [-0.2, 0) is 0 Å². The second-order valence-corrected chi connectivity index (χ2v) is 5.64. The molecular weight excluding hydrogens is 344 g/mol. The molecule has 2 rings (SSSR count). The molecule has 0 saturated heterocycles. The molecule has 0 spiro atoms. The smallest absolute Gasteiger partial charge is 0.105 e. The highest BCUT2D eigenvalue weighted by molar-refractivity contribution is 9.11. The van der Waals surface area contributed by atoms with E-state index in [9.17, 15) is 5.11 Å². The van der Waals surface area contributed by atoms with Gasteiger partial charge in [-0.3, -0.25) is 0 Å². The molecule has 0 aromatic heterocycles. The highest BCUT2D eigenvalue weighted by atomic mass is 79.9. The third kappa shape index (κ3) is 2.79. The lowest BCUT2D eigenvalue weighted by molar-refractivity contribution is 0.219. The van der Waals surface area contributed by atoms with Crippen molar-refractivity contribution in [3.05, 3.63) is 68.1 Å². The van der Waals surface area contributed by atoms with Gasteiger partial charge in [-0.2, -0.15) is 0 Å². The van der Waals surface area contributed by atoms with Gasteiger partial charge in [0.2, 0.25) is 0 Å². The molecule has 2 aromatic rings. The lowest BCUT2D eigenvalue weighted by Crippen LogP contribution is -2.01. The molecule has 0 bridgehead atoms. The van der Waals surface area contributed by atoms with Crippen molar-refractivity contribution >= 4 is 31.9 Å². The summed E-state index contributed by atoms with van der Waals surface area (Å²) >= 11 is 6.99. The summed E-state index contributed by atoms with van der Waals surface area (Å²) in [6, 6.07) is 13.6. The maximum absolute atomic E-state index is 10.3. The molecule has 0 amide bonds. The van der Waals surface area contributed by atoms with Crippen molar-refractivity contribution in [1.82, 2.24) is 0 Å². The van der Waals surface area contributed by atoms with Crippen molar-refractivity contribution in [3.8, 4) is 0 Å². The standard InChI is InChI=1S/C14H12Br2O/c1-9-7-13(16)11(8-12(9)15)14(17)10-5-3-2-4-6-10/h2-8,14,17H,1H3. The van der Waals surface area contributed by atoms with E-state index in [-0.39, 0.29) is 0 Å². The fourth-order valence-corrected chi connectivity index (χ4v) is 2.72. The Kier molecular flexibility index (Phi) is 4.02. The van der Waals surface area contributed by atoms with E-state index in [2.05, 4.69) is 31.9 Å². The number of rotatable bonds is 2. The minimum Gasteiger partial charge on any atom is -0.384 e. The van der Waals surface area contributed by atoms with Gasteiger partial charge in [0.15, 0.2) is 0 Å². The van der Waals surface area contributed by atoms with Crippen LogP contribution in [0, 0.1) is 6.92 Å². The Morgan fingerprint density at radius 1 is 1.00 bits per heavy atom. The normalized spacial score (nSPS) is 12.5. The third-order valence-corrected chi connectivity index (χ3v) is 4.23. The van der Waals surface area contributed by atoms with Crippen LogP contribution in [0.5, 0.6) is 0 Å². The van der Waals surface area contributed by atoms with E-state index in [1.807, 2.05) is 49.4 Å². The van der Waals surface area contributed by atoms with Crippen LogP contribution in [0.2, 0.25) is 0 Å². The number of halogens is 2. The van der Waals surface area contributed by atoms with E-state index in [0.717, 1.165) is 25.6 Å². The van der Waals surface area contributed by atoms with Crippen LogP contribution < -0.4 is 0 Å². The van der Waals surface area contributed by atoms with Crippen LogP contribution in [0.3, 0.4) is 0 Å². The van der Waals surface area contributed by atoms with Gasteiger partial charge in [-0.05, 0) is 30.2 Å². The summed E-state index contributed by atoms with van der Waals surface area (Å²) < 4.78 is 1.93. The highest BCUT2D eigenvalue weighted by Gasteiger charge is 2.14. The summed E-state index contributed by atoms with van der Waals surface area (Å²) in [4.78, 5) is 0. The first kappa shape index (κ1) is 12.8. The molecule has 0 saturated carbocycles. The zero-order valence-corrected chi connectivity index (χ0v) is 12.5. The molecule has 1 nitrogen and oxygen atoms in total. The zero-order chi connectivity index (χ0) is 12.4. The predicted octanol–water partition coefficient (Wildman–Crippen LogP) is 4.60. The minimum atomic E-state index is -0.609. The molecule has 3 heteroatoms. The van der Waals surface area contributed by atoms with Crippen molar-refractivity contribution in [2.75, 3.05) is 0 Å². The quantitative estimate of drug-likeness (QED) is 0.834. The fraction of sp³-hybridized carbons (Fsp3) is 0.143. The topological polar surface area (TPSA) is 20.2 Å². The SMILES string of the molecule is Cc1cc(Br)c(C(O)c2ccccc2)cc1Br. The third-order valence-electron chi connectivity index (χ3n) is 2.69. The predicted molar refractivity (Wildman–Crippen MR) is 77.1 cm³/mol. The molecule has 1 unspecified atom stereocenters. The molecule has 0 aliphatic rings.